The van der Waals surface area contributed by atoms with Crippen molar-refractivity contribution in [3.8, 4) is 0 Å². The van der Waals surface area contributed by atoms with Crippen molar-refractivity contribution in [1.82, 2.24) is 0 Å². The number of rotatable bonds is 2. The van der Waals surface area contributed by atoms with Crippen LogP contribution in [0.15, 0.2) is 0 Å². The lowest BCUT2D eigenvalue weighted by atomic mass is 10.5. The van der Waals surface area contributed by atoms with Crippen LogP contribution in [0.5, 0.6) is 0 Å². The number of aliphatic hydroxyl groups is 3. The molecule has 1 atom stereocenters. The summed E-state index contributed by atoms with van der Waals surface area (Å²) >= 11 is 3.30. The van der Waals surface area contributed by atoms with Crippen LogP contribution in [0.4, 0.5) is 0 Å². The van der Waals surface area contributed by atoms with Crippen molar-refractivity contribution in [2.24, 2.45) is 0 Å². The number of carbonyl (C=O) groups is 1. The van der Waals surface area contributed by atoms with Gasteiger partial charge in [-0.05, 0) is 6.92 Å². The quantitative estimate of drug-likeness (QED) is 0.390. The lowest BCUT2D eigenvalue weighted by molar-refractivity contribution is -0.117. The van der Waals surface area contributed by atoms with E-state index in [9.17, 15) is 4.79 Å². The summed E-state index contributed by atoms with van der Waals surface area (Å²) in [5.74, 6) is 0. The van der Waals surface area contributed by atoms with Gasteiger partial charge >= 0.3 is 0 Å². The van der Waals surface area contributed by atoms with Crippen LogP contribution < -0.4 is 0 Å². The molecule has 0 bridgehead atoms. The van der Waals surface area contributed by atoms with Crippen molar-refractivity contribution < 1.29 is 20.1 Å². The van der Waals surface area contributed by atoms with E-state index in [-0.39, 0.29) is 13.2 Å². The van der Waals surface area contributed by atoms with Crippen molar-refractivity contribution >= 4 is 17.7 Å². The zero-order valence-corrected chi connectivity index (χ0v) is 6.58. The highest BCUT2D eigenvalue weighted by molar-refractivity contribution is 7.96. The molecule has 0 aromatic carbocycles. The fourth-order valence-electron chi connectivity index (χ4n) is 0. The van der Waals surface area contributed by atoms with Gasteiger partial charge in [0.2, 0.25) is 5.12 Å². The number of hydrogen-bond donors (Lipinski definition) is 4. The third kappa shape index (κ3) is 15.7. The first-order valence-electron chi connectivity index (χ1n) is 2.68. The van der Waals surface area contributed by atoms with Gasteiger partial charge in [-0.25, -0.2) is 0 Å². The van der Waals surface area contributed by atoms with Crippen molar-refractivity contribution in [2.75, 3.05) is 13.2 Å². The monoisotopic (exact) mass is 168 g/mol. The Bertz CT molecular complexity index is 81.7. The first kappa shape index (κ1) is 12.6. The molecule has 0 fully saturated rings. The van der Waals surface area contributed by atoms with Crippen LogP contribution in [-0.4, -0.2) is 39.8 Å². The van der Waals surface area contributed by atoms with Gasteiger partial charge in [-0.1, -0.05) is 0 Å². The van der Waals surface area contributed by atoms with Crippen LogP contribution in [0.1, 0.15) is 6.92 Å². The van der Waals surface area contributed by atoms with Gasteiger partial charge < -0.3 is 15.3 Å². The van der Waals surface area contributed by atoms with E-state index in [1.54, 1.807) is 0 Å². The van der Waals surface area contributed by atoms with E-state index < -0.39 is 11.2 Å². The van der Waals surface area contributed by atoms with Gasteiger partial charge in [0.1, 0.15) is 6.10 Å². The van der Waals surface area contributed by atoms with E-state index >= 15 is 0 Å². The molecule has 0 heterocycles. The molecule has 0 aromatic heterocycles. The summed E-state index contributed by atoms with van der Waals surface area (Å²) in [4.78, 5) is 9.76. The van der Waals surface area contributed by atoms with Crippen LogP contribution in [0.3, 0.4) is 0 Å². The summed E-state index contributed by atoms with van der Waals surface area (Å²) < 4.78 is 0. The topological polar surface area (TPSA) is 77.8 Å². The van der Waals surface area contributed by atoms with Gasteiger partial charge in [0.05, 0.1) is 13.2 Å². The van der Waals surface area contributed by atoms with Gasteiger partial charge in [-0.2, -0.15) is 0 Å². The lowest BCUT2D eigenvalue weighted by Gasteiger charge is -1.89. The molecule has 0 amide bonds. The second-order valence-corrected chi connectivity index (χ2v) is 1.90. The predicted octanol–water partition coefficient (Wildman–Crippen LogP) is -1.21. The molecule has 0 aliphatic heterocycles. The molecular formula is C5H12O4S. The Morgan fingerprint density at radius 3 is 1.70 bits per heavy atom. The lowest BCUT2D eigenvalue weighted by Crippen LogP contribution is -2.07. The number of thiol groups is 1. The average Bonchev–Trinajstić information content (AvgIpc) is 1.89. The molecule has 3 N–H and O–H groups in total. The summed E-state index contributed by atoms with van der Waals surface area (Å²) in [7, 11) is 0. The predicted molar refractivity (Wildman–Crippen MR) is 39.8 cm³/mol. The molecule has 4 nitrogen and oxygen atoms in total. The first-order chi connectivity index (χ1) is 4.56. The maximum Gasteiger partial charge on any atom is 0.214 e. The summed E-state index contributed by atoms with van der Waals surface area (Å²) in [6, 6.07) is 0. The fourth-order valence-corrected chi connectivity index (χ4v) is 0. The molecule has 10 heavy (non-hydrogen) atoms. The van der Waals surface area contributed by atoms with Crippen molar-refractivity contribution in [3.63, 3.8) is 0 Å². The molecule has 0 spiro atoms. The van der Waals surface area contributed by atoms with E-state index in [0.29, 0.717) is 0 Å². The molecule has 0 aromatic rings. The molecule has 0 saturated carbocycles. The zero-order chi connectivity index (χ0) is 8.57. The highest BCUT2D eigenvalue weighted by atomic mass is 32.1. The van der Waals surface area contributed by atoms with Gasteiger partial charge in [0, 0.05) is 0 Å². The summed E-state index contributed by atoms with van der Waals surface area (Å²) in [5, 5.41) is 23.0. The SMILES string of the molecule is CC(O)C(=O)S.OCCO. The average molecular weight is 168 g/mol. The zero-order valence-electron chi connectivity index (χ0n) is 5.69. The molecule has 0 rings (SSSR count). The highest BCUT2D eigenvalue weighted by Gasteiger charge is 1.98. The molecule has 5 heteroatoms. The van der Waals surface area contributed by atoms with E-state index in [1.165, 1.54) is 6.92 Å². The summed E-state index contributed by atoms with van der Waals surface area (Å²) in [6.07, 6.45) is -0.923. The van der Waals surface area contributed by atoms with E-state index in [4.69, 9.17) is 15.3 Å². The normalized spacial score (nSPS) is 11.3. The van der Waals surface area contributed by atoms with Crippen LogP contribution in [0, 0.1) is 0 Å². The van der Waals surface area contributed by atoms with Crippen LogP contribution in [0.2, 0.25) is 0 Å². The van der Waals surface area contributed by atoms with Crippen LogP contribution >= 0.6 is 12.6 Å². The minimum atomic E-state index is -0.923. The molecule has 0 saturated heterocycles. The van der Waals surface area contributed by atoms with Gasteiger partial charge in [0.15, 0.2) is 0 Å². The second kappa shape index (κ2) is 8.90. The smallest absolute Gasteiger partial charge is 0.214 e. The van der Waals surface area contributed by atoms with Crippen molar-refractivity contribution in [1.29, 1.82) is 0 Å². The van der Waals surface area contributed by atoms with Crippen molar-refractivity contribution in [3.05, 3.63) is 0 Å². The minimum absolute atomic E-state index is 0.125. The Morgan fingerprint density at radius 1 is 1.50 bits per heavy atom. The van der Waals surface area contributed by atoms with Crippen LogP contribution in [0.25, 0.3) is 0 Å². The molecule has 0 radical (unpaired) electrons. The van der Waals surface area contributed by atoms with Crippen LogP contribution in [-0.2, 0) is 4.79 Å². The largest absolute Gasteiger partial charge is 0.394 e. The molecular weight excluding hydrogens is 156 g/mol. The van der Waals surface area contributed by atoms with E-state index in [1.807, 2.05) is 0 Å². The highest BCUT2D eigenvalue weighted by Crippen LogP contribution is 1.84. The number of hydrogen-bond acceptors (Lipinski definition) is 4. The van der Waals surface area contributed by atoms with Crippen molar-refractivity contribution in [2.45, 2.75) is 13.0 Å². The van der Waals surface area contributed by atoms with Gasteiger partial charge in [-0.15, -0.1) is 12.6 Å². The number of aliphatic hydroxyl groups excluding tert-OH is 3. The number of carbonyl (C=O) groups excluding carboxylic acids is 1. The van der Waals surface area contributed by atoms with Gasteiger partial charge in [-0.3, -0.25) is 4.79 Å². The Balaban J connectivity index is 0. The Labute approximate surface area is 64.9 Å². The Kier molecular flexibility index (Phi) is 11.2. The molecule has 1 unspecified atom stereocenters. The second-order valence-electron chi connectivity index (χ2n) is 1.46. The Morgan fingerprint density at radius 2 is 1.70 bits per heavy atom. The summed E-state index contributed by atoms with van der Waals surface area (Å²) in [5.41, 5.74) is 0. The third-order valence-electron chi connectivity index (χ3n) is 0.457. The first-order valence-corrected chi connectivity index (χ1v) is 3.13. The molecule has 0 aliphatic rings. The maximum atomic E-state index is 9.76. The third-order valence-corrected chi connectivity index (χ3v) is 0.831. The molecule has 0 aliphatic carbocycles. The molecule has 62 valence electrons. The maximum absolute atomic E-state index is 9.76. The van der Waals surface area contributed by atoms with E-state index in [2.05, 4.69) is 12.6 Å². The summed E-state index contributed by atoms with van der Waals surface area (Å²) in [6.45, 7) is 1.12. The Hall–Kier alpha value is -0.100. The fraction of sp³-hybridized carbons (Fsp3) is 0.800. The minimum Gasteiger partial charge on any atom is -0.394 e. The van der Waals surface area contributed by atoms with E-state index in [0.717, 1.165) is 0 Å². The van der Waals surface area contributed by atoms with Gasteiger partial charge in [0.25, 0.3) is 0 Å². The standard InChI is InChI=1S/C3H6O2S.C2H6O2/c1-2(4)3(5)6;3-1-2-4/h2,4H,1H3,(H,5,6);3-4H,1-2H2.